The van der Waals surface area contributed by atoms with E-state index in [4.69, 9.17) is 9.47 Å². The molecule has 2 aromatic rings. The van der Waals surface area contributed by atoms with Crippen LogP contribution in [0.3, 0.4) is 0 Å². The highest BCUT2D eigenvalue weighted by molar-refractivity contribution is 5.97. The molecule has 116 valence electrons. The molecule has 0 saturated heterocycles. The van der Waals surface area contributed by atoms with Crippen LogP contribution in [0.2, 0.25) is 0 Å². The van der Waals surface area contributed by atoms with Crippen LogP contribution in [0.15, 0.2) is 48.5 Å². The molecule has 0 aliphatic carbocycles. The summed E-state index contributed by atoms with van der Waals surface area (Å²) in [6.45, 7) is 2.92. The summed E-state index contributed by atoms with van der Waals surface area (Å²) >= 11 is 0. The van der Waals surface area contributed by atoms with Gasteiger partial charge in [-0.15, -0.1) is 0 Å². The van der Waals surface area contributed by atoms with E-state index in [2.05, 4.69) is 6.07 Å². The number of hydrogen-bond donors (Lipinski definition) is 0. The first-order valence-electron chi connectivity index (χ1n) is 7.60. The first-order valence-corrected chi connectivity index (χ1v) is 7.60. The molecule has 0 N–H and O–H groups in total. The van der Waals surface area contributed by atoms with Crippen molar-refractivity contribution >= 4 is 5.97 Å². The van der Waals surface area contributed by atoms with Crippen LogP contribution in [0, 0.1) is 0 Å². The molecule has 0 aromatic heterocycles. The normalized spacial score (nSPS) is 10.5. The molecule has 2 rings (SSSR count). The van der Waals surface area contributed by atoms with Gasteiger partial charge in [0.2, 0.25) is 0 Å². The van der Waals surface area contributed by atoms with Crippen molar-refractivity contribution in [2.45, 2.75) is 19.8 Å². The Bertz CT molecular complexity index is 605. The van der Waals surface area contributed by atoms with Crippen molar-refractivity contribution in [2.24, 2.45) is 0 Å². The lowest BCUT2D eigenvalue weighted by molar-refractivity contribution is 0.0527. The standard InChI is InChI=1S/C19H22O3/c1-3-22-19(20)18-14-15(8-7-13-21-2)11-12-17(18)16-9-5-4-6-10-16/h4-6,9-12,14H,3,7-8,13H2,1-2H3. The zero-order chi connectivity index (χ0) is 15.8. The van der Waals surface area contributed by atoms with Crippen LogP contribution >= 0.6 is 0 Å². The van der Waals surface area contributed by atoms with E-state index < -0.39 is 0 Å². The molecule has 3 nitrogen and oxygen atoms in total. The van der Waals surface area contributed by atoms with Gasteiger partial charge in [-0.05, 0) is 42.5 Å². The van der Waals surface area contributed by atoms with E-state index in [1.165, 1.54) is 0 Å². The van der Waals surface area contributed by atoms with Gasteiger partial charge >= 0.3 is 5.97 Å². The third-order valence-electron chi connectivity index (χ3n) is 3.48. The molecule has 0 heterocycles. The van der Waals surface area contributed by atoms with Crippen molar-refractivity contribution in [1.29, 1.82) is 0 Å². The average molecular weight is 298 g/mol. The van der Waals surface area contributed by atoms with Crippen molar-refractivity contribution in [3.05, 3.63) is 59.7 Å². The summed E-state index contributed by atoms with van der Waals surface area (Å²) in [5.74, 6) is -0.269. The van der Waals surface area contributed by atoms with Crippen LogP contribution in [-0.2, 0) is 15.9 Å². The summed E-state index contributed by atoms with van der Waals surface area (Å²) in [6, 6.07) is 15.9. The van der Waals surface area contributed by atoms with Gasteiger partial charge in [-0.25, -0.2) is 4.79 Å². The van der Waals surface area contributed by atoms with Crippen LogP contribution in [0.25, 0.3) is 11.1 Å². The first kappa shape index (κ1) is 16.2. The molecule has 0 spiro atoms. The smallest absolute Gasteiger partial charge is 0.338 e. The molecule has 0 aliphatic rings. The molecule has 2 aromatic carbocycles. The lowest BCUT2D eigenvalue weighted by Crippen LogP contribution is -2.07. The molecule has 0 amide bonds. The molecule has 0 atom stereocenters. The second kappa shape index (κ2) is 8.35. The van der Waals surface area contributed by atoms with Crippen molar-refractivity contribution in [3.8, 4) is 11.1 Å². The minimum Gasteiger partial charge on any atom is -0.462 e. The maximum Gasteiger partial charge on any atom is 0.338 e. The fraction of sp³-hybridized carbons (Fsp3) is 0.316. The predicted molar refractivity (Wildman–Crippen MR) is 88.0 cm³/mol. The zero-order valence-corrected chi connectivity index (χ0v) is 13.2. The Balaban J connectivity index is 2.34. The number of esters is 1. The van der Waals surface area contributed by atoms with Crippen LogP contribution < -0.4 is 0 Å². The third-order valence-corrected chi connectivity index (χ3v) is 3.48. The summed E-state index contributed by atoms with van der Waals surface area (Å²) in [7, 11) is 1.70. The van der Waals surface area contributed by atoms with E-state index in [0.717, 1.165) is 36.1 Å². The molecular weight excluding hydrogens is 276 g/mol. The molecule has 0 unspecified atom stereocenters. The number of ether oxygens (including phenoxy) is 2. The molecular formula is C19H22O3. The van der Waals surface area contributed by atoms with Crippen molar-refractivity contribution in [1.82, 2.24) is 0 Å². The Morgan fingerprint density at radius 2 is 1.86 bits per heavy atom. The molecule has 22 heavy (non-hydrogen) atoms. The summed E-state index contributed by atoms with van der Waals surface area (Å²) < 4.78 is 10.3. The number of aryl methyl sites for hydroxylation is 1. The first-order chi connectivity index (χ1) is 10.8. The van der Waals surface area contributed by atoms with Gasteiger partial charge in [0.05, 0.1) is 12.2 Å². The van der Waals surface area contributed by atoms with Gasteiger partial charge in [-0.2, -0.15) is 0 Å². The molecule has 0 radical (unpaired) electrons. The Morgan fingerprint density at radius 1 is 1.09 bits per heavy atom. The van der Waals surface area contributed by atoms with Crippen molar-refractivity contribution < 1.29 is 14.3 Å². The molecule has 0 aliphatic heterocycles. The van der Waals surface area contributed by atoms with Crippen LogP contribution in [0.1, 0.15) is 29.3 Å². The Morgan fingerprint density at radius 3 is 2.55 bits per heavy atom. The molecule has 0 saturated carbocycles. The highest BCUT2D eigenvalue weighted by Crippen LogP contribution is 2.26. The minimum atomic E-state index is -0.269. The molecule has 3 heteroatoms. The summed E-state index contributed by atoms with van der Waals surface area (Å²) in [5.41, 5.74) is 3.69. The number of carbonyl (C=O) groups is 1. The Kier molecular flexibility index (Phi) is 6.16. The van der Waals surface area contributed by atoms with E-state index in [1.807, 2.05) is 49.4 Å². The predicted octanol–water partition coefficient (Wildman–Crippen LogP) is 4.11. The van der Waals surface area contributed by atoms with E-state index in [9.17, 15) is 4.79 Å². The number of rotatable bonds is 7. The van der Waals surface area contributed by atoms with E-state index in [0.29, 0.717) is 12.2 Å². The van der Waals surface area contributed by atoms with Gasteiger partial charge in [0, 0.05) is 13.7 Å². The third kappa shape index (κ3) is 4.18. The quantitative estimate of drug-likeness (QED) is 0.570. The van der Waals surface area contributed by atoms with Gasteiger partial charge < -0.3 is 9.47 Å². The summed E-state index contributed by atoms with van der Waals surface area (Å²) in [4.78, 5) is 12.3. The van der Waals surface area contributed by atoms with Gasteiger partial charge in [0.1, 0.15) is 0 Å². The zero-order valence-electron chi connectivity index (χ0n) is 13.2. The highest BCUT2D eigenvalue weighted by Gasteiger charge is 2.14. The van der Waals surface area contributed by atoms with E-state index in [-0.39, 0.29) is 5.97 Å². The van der Waals surface area contributed by atoms with Crippen molar-refractivity contribution in [3.63, 3.8) is 0 Å². The number of carbonyl (C=O) groups excluding carboxylic acids is 1. The number of methoxy groups -OCH3 is 1. The van der Waals surface area contributed by atoms with Crippen LogP contribution in [0.4, 0.5) is 0 Å². The van der Waals surface area contributed by atoms with Gasteiger partial charge in [0.15, 0.2) is 0 Å². The van der Waals surface area contributed by atoms with Crippen LogP contribution in [0.5, 0.6) is 0 Å². The average Bonchev–Trinajstić information content (AvgIpc) is 2.56. The summed E-state index contributed by atoms with van der Waals surface area (Å²) in [5, 5.41) is 0. The topological polar surface area (TPSA) is 35.5 Å². The van der Waals surface area contributed by atoms with Gasteiger partial charge in [-0.3, -0.25) is 0 Å². The van der Waals surface area contributed by atoms with Gasteiger partial charge in [-0.1, -0.05) is 42.5 Å². The van der Waals surface area contributed by atoms with Gasteiger partial charge in [0.25, 0.3) is 0 Å². The van der Waals surface area contributed by atoms with Crippen LogP contribution in [-0.4, -0.2) is 26.3 Å². The number of benzene rings is 2. The number of hydrogen-bond acceptors (Lipinski definition) is 3. The molecule has 0 fully saturated rings. The SMILES string of the molecule is CCOC(=O)c1cc(CCCOC)ccc1-c1ccccc1. The lowest BCUT2D eigenvalue weighted by Gasteiger charge is -2.11. The Labute approximate surface area is 131 Å². The summed E-state index contributed by atoms with van der Waals surface area (Å²) in [6.07, 6.45) is 1.82. The van der Waals surface area contributed by atoms with Crippen molar-refractivity contribution in [2.75, 3.05) is 20.3 Å². The fourth-order valence-electron chi connectivity index (χ4n) is 2.41. The maximum atomic E-state index is 12.3. The van der Waals surface area contributed by atoms with E-state index in [1.54, 1.807) is 7.11 Å². The Hall–Kier alpha value is -2.13. The lowest BCUT2D eigenvalue weighted by atomic mass is 9.96. The molecule has 0 bridgehead atoms. The largest absolute Gasteiger partial charge is 0.462 e. The highest BCUT2D eigenvalue weighted by atomic mass is 16.5. The monoisotopic (exact) mass is 298 g/mol. The maximum absolute atomic E-state index is 12.3. The van der Waals surface area contributed by atoms with E-state index >= 15 is 0 Å². The second-order valence-electron chi connectivity index (χ2n) is 5.06. The fourth-order valence-corrected chi connectivity index (χ4v) is 2.41. The second-order valence-corrected chi connectivity index (χ2v) is 5.06. The minimum absolute atomic E-state index is 0.269.